The molecule has 0 aromatic carbocycles. The van der Waals surface area contributed by atoms with Gasteiger partial charge in [0.2, 0.25) is 5.91 Å². The van der Waals surface area contributed by atoms with Crippen LogP contribution in [-0.4, -0.2) is 23.7 Å². The number of carbonyl (C=O) groups excluding carboxylic acids is 1. The summed E-state index contributed by atoms with van der Waals surface area (Å²) in [5, 5.41) is 20.2. The summed E-state index contributed by atoms with van der Waals surface area (Å²) in [7, 11) is 0. The maximum Gasteiger partial charge on any atom is 0.220 e. The first-order valence-corrected chi connectivity index (χ1v) is 11.3. The summed E-state index contributed by atoms with van der Waals surface area (Å²) in [5.41, 5.74) is 0.206. The van der Waals surface area contributed by atoms with Crippen LogP contribution in [0.25, 0.3) is 0 Å². The summed E-state index contributed by atoms with van der Waals surface area (Å²) in [5.74, 6) is 0.00522. The van der Waals surface area contributed by atoms with Gasteiger partial charge in [-0.25, -0.2) is 0 Å². The molecule has 0 aliphatic heterocycles. The number of carbonyl (C=O) groups is 1. The summed E-state index contributed by atoms with van der Waals surface area (Å²) in [6.45, 7) is 6.27. The molecule has 0 aliphatic rings. The Morgan fingerprint density at radius 2 is 1.60 bits per heavy atom. The molecule has 0 bridgehead atoms. The second-order valence-electron chi connectivity index (χ2n) is 8.42. The smallest absolute Gasteiger partial charge is 0.220 e. The predicted molar refractivity (Wildman–Crippen MR) is 127 cm³/mol. The van der Waals surface area contributed by atoms with Crippen molar-refractivity contribution in [2.24, 2.45) is 5.41 Å². The van der Waals surface area contributed by atoms with E-state index < -0.39 is 0 Å². The lowest BCUT2D eigenvalue weighted by Crippen LogP contribution is -2.34. The van der Waals surface area contributed by atoms with E-state index in [0.29, 0.717) is 12.8 Å². The van der Waals surface area contributed by atoms with Crippen LogP contribution in [0.15, 0.2) is 48.6 Å². The minimum Gasteiger partial charge on any atom is -0.394 e. The molecule has 4 heteroatoms. The zero-order valence-corrected chi connectivity index (χ0v) is 19.3. The van der Waals surface area contributed by atoms with Gasteiger partial charge in [-0.05, 0) is 57.3 Å². The van der Waals surface area contributed by atoms with E-state index in [9.17, 15) is 4.79 Å². The highest BCUT2D eigenvalue weighted by Crippen LogP contribution is 2.25. The molecule has 30 heavy (non-hydrogen) atoms. The molecule has 0 spiro atoms. The third kappa shape index (κ3) is 19.2. The Labute approximate surface area is 184 Å². The lowest BCUT2D eigenvalue weighted by atomic mass is 9.86. The zero-order valence-electron chi connectivity index (χ0n) is 19.3. The predicted octanol–water partition coefficient (Wildman–Crippen LogP) is 6.16. The monoisotopic (exact) mass is 414 g/mol. The fourth-order valence-corrected chi connectivity index (χ4v) is 2.86. The SMILES string of the molecule is CC(CO)NC(=O)CCC/C=C\C/C=C\C/C=C\C/C=C\C(C)(C)CCCCC#N. The Hall–Kier alpha value is -2.12. The highest BCUT2D eigenvalue weighted by molar-refractivity contribution is 5.76. The van der Waals surface area contributed by atoms with E-state index >= 15 is 0 Å². The van der Waals surface area contributed by atoms with Crippen LogP contribution in [-0.2, 0) is 4.79 Å². The topological polar surface area (TPSA) is 73.1 Å². The molecular weight excluding hydrogens is 372 g/mol. The van der Waals surface area contributed by atoms with Crippen molar-refractivity contribution >= 4 is 5.91 Å². The normalized spacial score (nSPS) is 13.6. The number of allylic oxidation sites excluding steroid dienone is 8. The second-order valence-corrected chi connectivity index (χ2v) is 8.42. The number of nitrogens with one attached hydrogen (secondary N) is 1. The maximum absolute atomic E-state index is 11.5. The molecule has 0 radical (unpaired) electrons. The van der Waals surface area contributed by atoms with Gasteiger partial charge in [0, 0.05) is 18.9 Å². The van der Waals surface area contributed by atoms with Crippen LogP contribution in [0.4, 0.5) is 0 Å². The minimum absolute atomic E-state index is 0.00522. The van der Waals surface area contributed by atoms with E-state index in [1.165, 1.54) is 0 Å². The molecule has 0 aliphatic carbocycles. The molecule has 0 aromatic rings. The van der Waals surface area contributed by atoms with Gasteiger partial charge in [0.25, 0.3) is 0 Å². The molecule has 1 atom stereocenters. The lowest BCUT2D eigenvalue weighted by molar-refractivity contribution is -0.122. The van der Waals surface area contributed by atoms with E-state index in [2.05, 4.69) is 73.8 Å². The summed E-state index contributed by atoms with van der Waals surface area (Å²) >= 11 is 0. The first-order valence-electron chi connectivity index (χ1n) is 11.3. The lowest BCUT2D eigenvalue weighted by Gasteiger charge is -2.19. The Balaban J connectivity index is 3.73. The van der Waals surface area contributed by atoms with Gasteiger partial charge in [0.15, 0.2) is 0 Å². The van der Waals surface area contributed by atoms with Crippen LogP contribution in [0, 0.1) is 16.7 Å². The fraction of sp³-hybridized carbons (Fsp3) is 0.615. The average molecular weight is 415 g/mol. The number of nitrogens with zero attached hydrogens (tertiary/aromatic N) is 1. The van der Waals surface area contributed by atoms with E-state index in [4.69, 9.17) is 10.4 Å². The molecule has 1 amide bonds. The molecule has 4 nitrogen and oxygen atoms in total. The Bertz CT molecular complexity index is 595. The quantitative estimate of drug-likeness (QED) is 0.221. The van der Waals surface area contributed by atoms with Gasteiger partial charge >= 0.3 is 0 Å². The van der Waals surface area contributed by atoms with Crippen molar-refractivity contribution in [3.63, 3.8) is 0 Å². The first kappa shape index (κ1) is 27.9. The number of aliphatic hydroxyl groups is 1. The molecular formula is C26H42N2O2. The summed E-state index contributed by atoms with van der Waals surface area (Å²) in [6, 6.07) is 2.04. The van der Waals surface area contributed by atoms with Crippen LogP contribution in [0.5, 0.6) is 0 Å². The Morgan fingerprint density at radius 3 is 2.20 bits per heavy atom. The molecule has 0 rings (SSSR count). The zero-order chi connectivity index (χ0) is 22.5. The number of rotatable bonds is 17. The molecule has 2 N–H and O–H groups in total. The van der Waals surface area contributed by atoms with Crippen molar-refractivity contribution < 1.29 is 9.90 Å². The van der Waals surface area contributed by atoms with Crippen molar-refractivity contribution in [1.82, 2.24) is 5.32 Å². The molecule has 0 heterocycles. The summed E-state index contributed by atoms with van der Waals surface area (Å²) < 4.78 is 0. The van der Waals surface area contributed by atoms with Crippen LogP contribution in [0.3, 0.4) is 0 Å². The molecule has 0 saturated carbocycles. The van der Waals surface area contributed by atoms with Gasteiger partial charge in [0.05, 0.1) is 12.7 Å². The van der Waals surface area contributed by atoms with Crippen molar-refractivity contribution in [2.75, 3.05) is 6.61 Å². The van der Waals surface area contributed by atoms with Crippen molar-refractivity contribution in [3.05, 3.63) is 48.6 Å². The van der Waals surface area contributed by atoms with E-state index in [0.717, 1.165) is 51.4 Å². The summed E-state index contributed by atoms with van der Waals surface area (Å²) in [4.78, 5) is 11.5. The third-order valence-electron chi connectivity index (χ3n) is 4.70. The number of aliphatic hydroxyl groups excluding tert-OH is 1. The van der Waals surface area contributed by atoms with Gasteiger partial charge in [0.1, 0.15) is 0 Å². The van der Waals surface area contributed by atoms with Crippen LogP contribution < -0.4 is 5.32 Å². The maximum atomic E-state index is 11.5. The van der Waals surface area contributed by atoms with Gasteiger partial charge in [-0.15, -0.1) is 0 Å². The average Bonchev–Trinajstić information content (AvgIpc) is 2.71. The van der Waals surface area contributed by atoms with E-state index in [-0.39, 0.29) is 24.0 Å². The Kier molecular flexibility index (Phi) is 17.5. The van der Waals surface area contributed by atoms with Crippen molar-refractivity contribution in [2.45, 2.75) is 91.0 Å². The third-order valence-corrected chi connectivity index (χ3v) is 4.70. The number of unbranched alkanes of at least 4 members (excludes halogenated alkanes) is 3. The van der Waals surface area contributed by atoms with Gasteiger partial charge in [-0.3, -0.25) is 4.79 Å². The van der Waals surface area contributed by atoms with Gasteiger partial charge < -0.3 is 10.4 Å². The van der Waals surface area contributed by atoms with E-state index in [1.54, 1.807) is 6.92 Å². The van der Waals surface area contributed by atoms with Crippen LogP contribution in [0.2, 0.25) is 0 Å². The molecule has 0 aromatic heterocycles. The molecule has 168 valence electrons. The highest BCUT2D eigenvalue weighted by atomic mass is 16.3. The van der Waals surface area contributed by atoms with Gasteiger partial charge in [-0.2, -0.15) is 5.26 Å². The minimum atomic E-state index is -0.166. The van der Waals surface area contributed by atoms with Crippen molar-refractivity contribution in [1.29, 1.82) is 5.26 Å². The van der Waals surface area contributed by atoms with Gasteiger partial charge in [-0.1, -0.05) is 68.9 Å². The number of hydrogen-bond acceptors (Lipinski definition) is 3. The molecule has 0 saturated heterocycles. The second kappa shape index (κ2) is 18.9. The standard InChI is InChI=1S/C26H42N2O2/c1-24(23-29)28-25(30)19-15-12-10-8-6-4-5-7-9-11-13-16-20-26(2,3)21-17-14-18-22-27/h4-5,8-11,16,20,24,29H,6-7,12-15,17-19,21,23H2,1-3H3,(H,28,30)/b5-4-,10-8-,11-9-,20-16-. The van der Waals surface area contributed by atoms with Crippen LogP contribution in [0.1, 0.15) is 85.0 Å². The molecule has 1 unspecified atom stereocenters. The number of nitriles is 1. The number of amides is 1. The first-order chi connectivity index (χ1) is 14.4. The summed E-state index contributed by atoms with van der Waals surface area (Å²) in [6.07, 6.45) is 26.5. The highest BCUT2D eigenvalue weighted by Gasteiger charge is 2.12. The van der Waals surface area contributed by atoms with Crippen LogP contribution >= 0.6 is 0 Å². The largest absolute Gasteiger partial charge is 0.394 e. The van der Waals surface area contributed by atoms with Crippen molar-refractivity contribution in [3.8, 4) is 6.07 Å². The Morgan fingerprint density at radius 1 is 1.00 bits per heavy atom. The number of hydrogen-bond donors (Lipinski definition) is 2. The van der Waals surface area contributed by atoms with E-state index in [1.807, 2.05) is 0 Å². The molecule has 0 fully saturated rings. The fourth-order valence-electron chi connectivity index (χ4n) is 2.86.